The smallest absolute Gasteiger partial charge is 0.127 e. The van der Waals surface area contributed by atoms with Gasteiger partial charge in [0, 0.05) is 10.0 Å². The van der Waals surface area contributed by atoms with E-state index < -0.39 is 6.04 Å². The van der Waals surface area contributed by atoms with Gasteiger partial charge >= 0.3 is 0 Å². The van der Waals surface area contributed by atoms with Crippen molar-refractivity contribution in [3.8, 4) is 17.2 Å². The molecule has 0 bridgehead atoms. The lowest BCUT2D eigenvalue weighted by atomic mass is 9.97. The summed E-state index contributed by atoms with van der Waals surface area (Å²) in [5.74, 6) is 2.09. The Morgan fingerprint density at radius 3 is 2.00 bits per heavy atom. The van der Waals surface area contributed by atoms with Crippen molar-refractivity contribution in [3.63, 3.8) is 0 Å². The first-order valence-electron chi connectivity index (χ1n) is 6.42. The first-order chi connectivity index (χ1) is 10.1. The minimum Gasteiger partial charge on any atom is -0.496 e. The quantitative estimate of drug-likeness (QED) is 0.895. The summed E-state index contributed by atoms with van der Waals surface area (Å²) in [5.41, 5.74) is 8.10. The van der Waals surface area contributed by atoms with Crippen LogP contribution in [0.3, 0.4) is 0 Å². The van der Waals surface area contributed by atoms with Crippen LogP contribution in [0.15, 0.2) is 40.9 Å². The van der Waals surface area contributed by atoms with Gasteiger partial charge < -0.3 is 19.9 Å². The summed E-state index contributed by atoms with van der Waals surface area (Å²) >= 11 is 3.43. The van der Waals surface area contributed by atoms with Gasteiger partial charge in [-0.25, -0.2) is 0 Å². The van der Waals surface area contributed by atoms with E-state index in [0.29, 0.717) is 17.2 Å². The molecular weight excluding hydrogens is 334 g/mol. The van der Waals surface area contributed by atoms with Gasteiger partial charge in [0.15, 0.2) is 0 Å². The van der Waals surface area contributed by atoms with Gasteiger partial charge in [-0.05, 0) is 24.3 Å². The normalized spacial score (nSPS) is 11.9. The van der Waals surface area contributed by atoms with E-state index in [0.717, 1.165) is 15.6 Å². The van der Waals surface area contributed by atoms with E-state index in [1.54, 1.807) is 21.3 Å². The highest BCUT2D eigenvalue weighted by molar-refractivity contribution is 9.10. The van der Waals surface area contributed by atoms with E-state index >= 15 is 0 Å². The average Bonchev–Trinajstić information content (AvgIpc) is 2.53. The van der Waals surface area contributed by atoms with E-state index in [9.17, 15) is 0 Å². The molecule has 0 saturated carbocycles. The molecule has 0 radical (unpaired) electrons. The van der Waals surface area contributed by atoms with Gasteiger partial charge in [0.1, 0.15) is 17.2 Å². The summed E-state index contributed by atoms with van der Waals surface area (Å²) in [4.78, 5) is 0. The van der Waals surface area contributed by atoms with E-state index in [2.05, 4.69) is 15.9 Å². The molecule has 1 unspecified atom stereocenters. The van der Waals surface area contributed by atoms with Gasteiger partial charge in [-0.2, -0.15) is 0 Å². The molecule has 2 aromatic rings. The lowest BCUT2D eigenvalue weighted by Crippen LogP contribution is -2.15. The van der Waals surface area contributed by atoms with Crippen LogP contribution in [0.2, 0.25) is 0 Å². The summed E-state index contributed by atoms with van der Waals surface area (Å²) in [6.45, 7) is 0. The summed E-state index contributed by atoms with van der Waals surface area (Å²) in [7, 11) is 4.85. The lowest BCUT2D eigenvalue weighted by Gasteiger charge is -2.21. The maximum atomic E-state index is 6.44. The maximum Gasteiger partial charge on any atom is 0.127 e. The maximum absolute atomic E-state index is 6.44. The van der Waals surface area contributed by atoms with E-state index in [1.807, 2.05) is 36.4 Å². The fraction of sp³-hybridized carbons (Fsp3) is 0.250. The van der Waals surface area contributed by atoms with Crippen LogP contribution < -0.4 is 19.9 Å². The Morgan fingerprint density at radius 1 is 0.905 bits per heavy atom. The molecule has 0 aliphatic carbocycles. The summed E-state index contributed by atoms with van der Waals surface area (Å²) in [5, 5.41) is 0. The Morgan fingerprint density at radius 2 is 1.48 bits per heavy atom. The van der Waals surface area contributed by atoms with Crippen molar-refractivity contribution in [2.75, 3.05) is 21.3 Å². The van der Waals surface area contributed by atoms with Gasteiger partial charge in [-0.1, -0.05) is 28.1 Å². The Kier molecular flexibility index (Phi) is 5.09. The molecule has 0 aliphatic heterocycles. The van der Waals surface area contributed by atoms with E-state index in [1.165, 1.54) is 0 Å². The number of nitrogens with two attached hydrogens (primary N) is 1. The van der Waals surface area contributed by atoms with Crippen LogP contribution in [0.5, 0.6) is 17.2 Å². The number of halogens is 1. The second-order valence-corrected chi connectivity index (χ2v) is 5.36. The number of benzene rings is 2. The molecule has 0 heterocycles. The molecule has 2 aromatic carbocycles. The summed E-state index contributed by atoms with van der Waals surface area (Å²) in [6, 6.07) is 10.9. The SMILES string of the molecule is COc1cc(Br)ccc1C(N)c1c(OC)cccc1OC. The fourth-order valence-corrected chi connectivity index (χ4v) is 2.62. The van der Waals surface area contributed by atoms with Crippen LogP contribution in [0.1, 0.15) is 17.2 Å². The predicted octanol–water partition coefficient (Wildman–Crippen LogP) is 3.52. The van der Waals surface area contributed by atoms with Crippen molar-refractivity contribution in [1.82, 2.24) is 0 Å². The molecule has 0 aromatic heterocycles. The standard InChI is InChI=1S/C16H18BrNO3/c1-19-12-5-4-6-13(20-2)15(12)16(18)11-8-7-10(17)9-14(11)21-3/h4-9,16H,18H2,1-3H3. The highest BCUT2D eigenvalue weighted by atomic mass is 79.9. The molecular formula is C16H18BrNO3. The van der Waals surface area contributed by atoms with Crippen LogP contribution in [0.4, 0.5) is 0 Å². The molecule has 21 heavy (non-hydrogen) atoms. The molecule has 0 spiro atoms. The van der Waals surface area contributed by atoms with Crippen molar-refractivity contribution < 1.29 is 14.2 Å². The topological polar surface area (TPSA) is 53.7 Å². The van der Waals surface area contributed by atoms with Gasteiger partial charge in [0.25, 0.3) is 0 Å². The van der Waals surface area contributed by atoms with Crippen molar-refractivity contribution in [2.45, 2.75) is 6.04 Å². The second kappa shape index (κ2) is 6.83. The van der Waals surface area contributed by atoms with E-state index in [-0.39, 0.29) is 0 Å². The Labute approximate surface area is 132 Å². The monoisotopic (exact) mass is 351 g/mol. The van der Waals surface area contributed by atoms with Crippen molar-refractivity contribution in [3.05, 3.63) is 52.0 Å². The number of hydrogen-bond donors (Lipinski definition) is 1. The number of rotatable bonds is 5. The van der Waals surface area contributed by atoms with Crippen LogP contribution in [-0.2, 0) is 0 Å². The van der Waals surface area contributed by atoms with Crippen molar-refractivity contribution >= 4 is 15.9 Å². The zero-order valence-electron chi connectivity index (χ0n) is 12.2. The molecule has 0 aliphatic rings. The highest BCUT2D eigenvalue weighted by Crippen LogP contribution is 2.39. The van der Waals surface area contributed by atoms with Gasteiger partial charge in [0.05, 0.1) is 32.9 Å². The molecule has 0 saturated heterocycles. The third-order valence-electron chi connectivity index (χ3n) is 3.31. The molecule has 0 fully saturated rings. The van der Waals surface area contributed by atoms with Crippen LogP contribution in [-0.4, -0.2) is 21.3 Å². The summed E-state index contributed by atoms with van der Waals surface area (Å²) < 4.78 is 17.2. The van der Waals surface area contributed by atoms with Crippen LogP contribution in [0.25, 0.3) is 0 Å². The Balaban J connectivity index is 2.56. The largest absolute Gasteiger partial charge is 0.496 e. The lowest BCUT2D eigenvalue weighted by molar-refractivity contribution is 0.379. The zero-order chi connectivity index (χ0) is 15.4. The van der Waals surface area contributed by atoms with Crippen LogP contribution >= 0.6 is 15.9 Å². The first-order valence-corrected chi connectivity index (χ1v) is 7.21. The Hall–Kier alpha value is -1.72. The van der Waals surface area contributed by atoms with Crippen LogP contribution in [0, 0.1) is 0 Å². The minimum atomic E-state index is -0.417. The number of hydrogen-bond acceptors (Lipinski definition) is 4. The second-order valence-electron chi connectivity index (χ2n) is 4.44. The number of methoxy groups -OCH3 is 3. The minimum absolute atomic E-state index is 0.417. The molecule has 112 valence electrons. The highest BCUT2D eigenvalue weighted by Gasteiger charge is 2.22. The van der Waals surface area contributed by atoms with Crippen molar-refractivity contribution in [1.29, 1.82) is 0 Å². The number of ether oxygens (including phenoxy) is 3. The third kappa shape index (κ3) is 3.14. The van der Waals surface area contributed by atoms with Gasteiger partial charge in [-0.15, -0.1) is 0 Å². The summed E-state index contributed by atoms with van der Waals surface area (Å²) in [6.07, 6.45) is 0. The third-order valence-corrected chi connectivity index (χ3v) is 3.80. The zero-order valence-corrected chi connectivity index (χ0v) is 13.8. The first kappa shape index (κ1) is 15.7. The molecule has 4 nitrogen and oxygen atoms in total. The Bertz CT molecular complexity index is 609. The predicted molar refractivity (Wildman–Crippen MR) is 86.3 cm³/mol. The molecule has 2 rings (SSSR count). The van der Waals surface area contributed by atoms with E-state index in [4.69, 9.17) is 19.9 Å². The molecule has 5 heteroatoms. The molecule has 1 atom stereocenters. The van der Waals surface area contributed by atoms with Crippen molar-refractivity contribution in [2.24, 2.45) is 5.73 Å². The van der Waals surface area contributed by atoms with Gasteiger partial charge in [-0.3, -0.25) is 0 Å². The molecule has 2 N–H and O–H groups in total. The van der Waals surface area contributed by atoms with Gasteiger partial charge in [0.2, 0.25) is 0 Å². The average molecular weight is 352 g/mol. The fourth-order valence-electron chi connectivity index (χ4n) is 2.28. The molecule has 0 amide bonds.